The van der Waals surface area contributed by atoms with Crippen LogP contribution in [0.3, 0.4) is 0 Å². The molecule has 0 amide bonds. The molecule has 2 fully saturated rings. The van der Waals surface area contributed by atoms with Gasteiger partial charge in [-0.3, -0.25) is 0 Å². The first kappa shape index (κ1) is 23.9. The third-order valence-electron chi connectivity index (χ3n) is 7.24. The number of nitrogens with zero attached hydrogens (tertiary/aromatic N) is 1. The van der Waals surface area contributed by atoms with E-state index in [-0.39, 0.29) is 29.0 Å². The second kappa shape index (κ2) is 12.3. The van der Waals surface area contributed by atoms with Crippen molar-refractivity contribution in [1.29, 1.82) is 0 Å². The normalized spacial score (nSPS) is 19.8. The predicted molar refractivity (Wildman–Crippen MR) is 133 cm³/mol. The molecule has 0 saturated heterocycles. The molecule has 3 aliphatic rings. The first-order valence-electron chi connectivity index (χ1n) is 13.0. The summed E-state index contributed by atoms with van der Waals surface area (Å²) in [7, 11) is 0. The van der Waals surface area contributed by atoms with Gasteiger partial charge < -0.3 is 5.11 Å². The van der Waals surface area contributed by atoms with Gasteiger partial charge in [-0.1, -0.05) is 43.7 Å². The van der Waals surface area contributed by atoms with Crippen LogP contribution in [0.25, 0.3) is 16.5 Å². The average Bonchev–Trinajstić information content (AvgIpc) is 3.30. The second-order valence-electron chi connectivity index (χ2n) is 9.74. The largest absolute Gasteiger partial charge is 0.506 e. The number of aromatic hydroxyl groups is 1. The maximum atomic E-state index is 9.91. The number of pyridine rings is 1. The van der Waals surface area contributed by atoms with Gasteiger partial charge in [-0.25, -0.2) is 4.98 Å². The summed E-state index contributed by atoms with van der Waals surface area (Å²) < 4.78 is 2.58. The van der Waals surface area contributed by atoms with Gasteiger partial charge in [-0.05, 0) is 36.1 Å². The first-order chi connectivity index (χ1) is 15.7. The van der Waals surface area contributed by atoms with Crippen LogP contribution in [-0.2, 0) is 23.2 Å². The van der Waals surface area contributed by atoms with E-state index in [9.17, 15) is 5.11 Å². The number of benzene rings is 1. The molecule has 0 spiro atoms. The number of hydrogen-bond acceptors (Lipinski definition) is 2. The van der Waals surface area contributed by atoms with Gasteiger partial charge in [0.1, 0.15) is 11.3 Å². The topological polar surface area (TPSA) is 33.1 Å². The van der Waals surface area contributed by atoms with E-state index >= 15 is 0 Å². The fourth-order valence-electron chi connectivity index (χ4n) is 5.49. The number of fused-ring (bicyclic) bond motifs is 1. The molecule has 1 aromatic heterocycles. The van der Waals surface area contributed by atoms with Gasteiger partial charge in [-0.2, -0.15) is 0 Å². The third-order valence-corrected chi connectivity index (χ3v) is 12.4. The third kappa shape index (κ3) is 6.43. The molecular weight excluding hydrogens is 470 g/mol. The van der Waals surface area contributed by atoms with Gasteiger partial charge >= 0.3 is 94.7 Å². The van der Waals surface area contributed by atoms with E-state index in [0.29, 0.717) is 5.52 Å². The zero-order valence-corrected chi connectivity index (χ0v) is 22.2. The van der Waals surface area contributed by atoms with Crippen LogP contribution < -0.4 is 0 Å². The number of phenolic OH excluding ortho intramolecular Hbond substituents is 1. The van der Waals surface area contributed by atoms with Crippen LogP contribution in [0.15, 0.2) is 48.1 Å². The van der Waals surface area contributed by atoms with E-state index in [4.69, 9.17) is 0 Å². The summed E-state index contributed by atoms with van der Waals surface area (Å²) in [6.07, 6.45) is 23.4. The quantitative estimate of drug-likeness (QED) is 0.437. The van der Waals surface area contributed by atoms with Gasteiger partial charge in [0.05, 0.1) is 5.69 Å². The van der Waals surface area contributed by atoms with Crippen molar-refractivity contribution in [1.82, 2.24) is 4.98 Å². The fourth-order valence-corrected chi connectivity index (χ4v) is 10.8. The summed E-state index contributed by atoms with van der Waals surface area (Å²) in [6.45, 7) is 2.19. The Balaban J connectivity index is 0.000000165. The average molecular weight is 509 g/mol. The maximum absolute atomic E-state index is 9.91. The summed E-state index contributed by atoms with van der Waals surface area (Å²) in [4.78, 5) is 4.64. The van der Waals surface area contributed by atoms with E-state index in [1.54, 1.807) is 70.3 Å². The Hall–Kier alpha value is -1.21. The predicted octanol–water partition coefficient (Wildman–Crippen LogP) is 9.03. The summed E-state index contributed by atoms with van der Waals surface area (Å²) in [6, 6.07) is 9.59. The molecule has 1 aromatic carbocycles. The number of phenols is 1. The van der Waals surface area contributed by atoms with Crippen molar-refractivity contribution in [2.45, 2.75) is 97.6 Å². The van der Waals surface area contributed by atoms with E-state index in [0.717, 1.165) is 30.3 Å². The molecule has 170 valence electrons. The Morgan fingerprint density at radius 2 is 1.59 bits per heavy atom. The van der Waals surface area contributed by atoms with Crippen LogP contribution in [0.4, 0.5) is 0 Å². The van der Waals surface area contributed by atoms with Crippen molar-refractivity contribution >= 4 is 16.5 Å². The molecule has 0 bridgehead atoms. The Kier molecular flexibility index (Phi) is 9.21. The Morgan fingerprint density at radius 3 is 2.25 bits per heavy atom. The van der Waals surface area contributed by atoms with Crippen LogP contribution in [-0.4, -0.2) is 10.1 Å². The summed E-state index contributed by atoms with van der Waals surface area (Å²) in [5.41, 5.74) is 4.36. The molecule has 3 aliphatic carbocycles. The molecule has 2 saturated carbocycles. The second-order valence-corrected chi connectivity index (χ2v) is 14.6. The van der Waals surface area contributed by atoms with Gasteiger partial charge in [-0.15, -0.1) is 0 Å². The van der Waals surface area contributed by atoms with Crippen molar-refractivity contribution < 1.29 is 28.3 Å². The molecule has 2 nitrogen and oxygen atoms in total. The Labute approximate surface area is 206 Å². The zero-order chi connectivity index (χ0) is 22.2. The number of allylic oxidation sites excluding steroid dienone is 4. The van der Waals surface area contributed by atoms with E-state index in [1.807, 2.05) is 18.2 Å². The summed E-state index contributed by atoms with van der Waals surface area (Å²) in [5, 5.41) is 10.9. The van der Waals surface area contributed by atoms with Crippen LogP contribution in [0.1, 0.15) is 96.1 Å². The van der Waals surface area contributed by atoms with Crippen molar-refractivity contribution in [2.75, 3.05) is 0 Å². The minimum absolute atomic E-state index is 0.0367. The van der Waals surface area contributed by atoms with Crippen LogP contribution in [0.2, 0.25) is 7.25 Å². The van der Waals surface area contributed by atoms with E-state index < -0.39 is 0 Å². The Morgan fingerprint density at radius 1 is 0.906 bits per heavy atom. The molecule has 0 atom stereocenters. The molecule has 32 heavy (non-hydrogen) atoms. The first-order valence-corrected chi connectivity index (χ1v) is 15.8. The summed E-state index contributed by atoms with van der Waals surface area (Å²) >= 11 is 0.0367. The molecular formula is C29H39NOZr. The molecule has 0 unspecified atom stereocenters. The van der Waals surface area contributed by atoms with Crippen LogP contribution >= 0.6 is 0 Å². The molecule has 5 rings (SSSR count). The number of hydrogen-bond donors (Lipinski definition) is 1. The van der Waals surface area contributed by atoms with E-state index in [2.05, 4.69) is 30.1 Å². The molecule has 1 N–H and O–H groups in total. The van der Waals surface area contributed by atoms with Crippen molar-refractivity contribution in [3.63, 3.8) is 0 Å². The van der Waals surface area contributed by atoms with Crippen LogP contribution in [0.5, 0.6) is 5.75 Å². The molecule has 2 aromatic rings. The Bertz CT molecular complexity index is 919. The molecule has 0 radical (unpaired) electrons. The SMILES string of the molecule is C1CC[CH]([Zr][CH]2CCCCC2)CC1.CCCC1=C(c2ccc3cccc(O)c3n2)CC=C1. The maximum Gasteiger partial charge on any atom is 0.141 e. The van der Waals surface area contributed by atoms with Gasteiger partial charge in [0, 0.05) is 5.39 Å². The number of aromatic nitrogens is 1. The smallest absolute Gasteiger partial charge is 0.141 e. The molecule has 3 heteroatoms. The van der Waals surface area contributed by atoms with Crippen molar-refractivity contribution in [2.24, 2.45) is 0 Å². The zero-order valence-electron chi connectivity index (χ0n) is 19.8. The van der Waals surface area contributed by atoms with Gasteiger partial charge in [0.2, 0.25) is 0 Å². The van der Waals surface area contributed by atoms with Crippen molar-refractivity contribution in [3.05, 3.63) is 53.8 Å². The van der Waals surface area contributed by atoms with Crippen LogP contribution in [0, 0.1) is 0 Å². The molecule has 0 aliphatic heterocycles. The van der Waals surface area contributed by atoms with Gasteiger partial charge in [0.15, 0.2) is 0 Å². The minimum Gasteiger partial charge on any atom is -0.506 e. The van der Waals surface area contributed by atoms with Gasteiger partial charge in [0.25, 0.3) is 0 Å². The number of para-hydroxylation sites is 1. The van der Waals surface area contributed by atoms with Crippen molar-refractivity contribution in [3.8, 4) is 5.75 Å². The van der Waals surface area contributed by atoms with E-state index in [1.165, 1.54) is 18.4 Å². The fraction of sp³-hybridized carbons (Fsp3) is 0.552. The molecule has 1 heterocycles. The minimum atomic E-state index is 0.0367. The number of rotatable bonds is 5. The monoisotopic (exact) mass is 507 g/mol. The summed E-state index contributed by atoms with van der Waals surface area (Å²) in [5.74, 6) is 0.253. The standard InChI is InChI=1S/C17H17NO.2C6H11.Zr/c1-2-5-12-6-3-8-14(12)15-11-10-13-7-4-9-16(19)17(13)18-15;2*1-2-4-6-5-3-1;/h3-4,6-7,9-11,19H,2,5,8H2,1H3;2*1H,2-6H2;.